The van der Waals surface area contributed by atoms with E-state index in [1.54, 1.807) is 0 Å². The van der Waals surface area contributed by atoms with Crippen molar-refractivity contribution in [1.29, 1.82) is 0 Å². The Bertz CT molecular complexity index is 277. The number of nitrogens with zero attached hydrogens (tertiary/aromatic N) is 1. The van der Waals surface area contributed by atoms with E-state index in [0.717, 1.165) is 23.6 Å². The van der Waals surface area contributed by atoms with Crippen molar-refractivity contribution in [2.45, 2.75) is 45.8 Å². The summed E-state index contributed by atoms with van der Waals surface area (Å²) in [5.41, 5.74) is 1.15. The van der Waals surface area contributed by atoms with E-state index in [0.29, 0.717) is 12.5 Å². The molecular weight excluding hydrogens is 248 g/mol. The first-order valence-corrected chi connectivity index (χ1v) is 7.73. The first kappa shape index (κ1) is 15.8. The van der Waals surface area contributed by atoms with Gasteiger partial charge in [-0.25, -0.2) is 0 Å². The molecule has 1 saturated heterocycles. The number of β-amino-alcohol motifs (C(OH)–C–C–N with tert-alkyl or cyclic N) is 1. The SMILES string of the molecule is CC1CSCC/C1=N\OCC(O)CNC(C)(C)C. The van der Waals surface area contributed by atoms with Crippen molar-refractivity contribution in [2.75, 3.05) is 24.7 Å². The van der Waals surface area contributed by atoms with Gasteiger partial charge in [-0.2, -0.15) is 11.8 Å². The molecule has 0 spiro atoms. The molecule has 0 amide bonds. The largest absolute Gasteiger partial charge is 0.393 e. The summed E-state index contributed by atoms with van der Waals surface area (Å²) in [6, 6.07) is 0. The van der Waals surface area contributed by atoms with Crippen LogP contribution in [-0.2, 0) is 4.84 Å². The van der Waals surface area contributed by atoms with Gasteiger partial charge in [0.1, 0.15) is 12.7 Å². The Kier molecular flexibility index (Phi) is 6.46. The quantitative estimate of drug-likeness (QED) is 0.752. The number of oxime groups is 1. The van der Waals surface area contributed by atoms with E-state index in [1.807, 2.05) is 11.8 Å². The Labute approximate surface area is 115 Å². The van der Waals surface area contributed by atoms with Crippen LogP contribution in [0.15, 0.2) is 5.16 Å². The minimum atomic E-state index is -0.512. The molecule has 0 radical (unpaired) electrons. The lowest BCUT2D eigenvalue weighted by atomic mass is 10.1. The Morgan fingerprint density at radius 1 is 1.56 bits per heavy atom. The summed E-state index contributed by atoms with van der Waals surface area (Å²) < 4.78 is 0. The smallest absolute Gasteiger partial charge is 0.144 e. The molecule has 2 unspecified atom stereocenters. The number of aliphatic hydroxyl groups is 1. The first-order chi connectivity index (χ1) is 8.38. The van der Waals surface area contributed by atoms with Crippen molar-refractivity contribution in [3.8, 4) is 0 Å². The zero-order chi connectivity index (χ0) is 13.6. The summed E-state index contributed by atoms with van der Waals surface area (Å²) in [4.78, 5) is 5.26. The van der Waals surface area contributed by atoms with E-state index in [9.17, 15) is 5.11 Å². The van der Waals surface area contributed by atoms with Gasteiger partial charge in [0.15, 0.2) is 0 Å². The van der Waals surface area contributed by atoms with Crippen LogP contribution in [0.1, 0.15) is 34.1 Å². The molecule has 0 saturated carbocycles. The highest BCUT2D eigenvalue weighted by molar-refractivity contribution is 7.99. The van der Waals surface area contributed by atoms with Crippen molar-refractivity contribution in [2.24, 2.45) is 11.1 Å². The predicted molar refractivity (Wildman–Crippen MR) is 78.3 cm³/mol. The third-order valence-corrected chi connectivity index (χ3v) is 3.98. The molecule has 1 rings (SSSR count). The van der Waals surface area contributed by atoms with Crippen LogP contribution in [0.5, 0.6) is 0 Å². The lowest BCUT2D eigenvalue weighted by molar-refractivity contribution is 0.0365. The number of aliphatic hydroxyl groups excluding tert-OH is 1. The Morgan fingerprint density at radius 3 is 2.89 bits per heavy atom. The van der Waals surface area contributed by atoms with Crippen LogP contribution in [-0.4, -0.2) is 47.1 Å². The molecular formula is C13H26N2O2S. The van der Waals surface area contributed by atoms with Gasteiger partial charge in [0.2, 0.25) is 0 Å². The molecule has 0 bridgehead atoms. The third-order valence-electron chi connectivity index (χ3n) is 2.76. The molecule has 1 aliphatic rings. The average Bonchev–Trinajstić information content (AvgIpc) is 2.28. The number of hydrogen-bond donors (Lipinski definition) is 2. The summed E-state index contributed by atoms with van der Waals surface area (Å²) >= 11 is 1.96. The second-order valence-electron chi connectivity index (χ2n) is 5.89. The Balaban J connectivity index is 2.21. The van der Waals surface area contributed by atoms with Crippen LogP contribution in [0.4, 0.5) is 0 Å². The van der Waals surface area contributed by atoms with Crippen LogP contribution in [0, 0.1) is 5.92 Å². The van der Waals surface area contributed by atoms with Crippen LogP contribution >= 0.6 is 11.8 Å². The van der Waals surface area contributed by atoms with Gasteiger partial charge in [-0.3, -0.25) is 0 Å². The standard InChI is InChI=1S/C13H26N2O2S/c1-10-9-18-6-5-12(10)15-17-8-11(16)7-14-13(2,3)4/h10-11,14,16H,5-9H2,1-4H3/b15-12+. The summed E-state index contributed by atoms with van der Waals surface area (Å²) in [7, 11) is 0. The predicted octanol–water partition coefficient (Wildman–Crippen LogP) is 1.88. The Hall–Kier alpha value is -0.260. The molecule has 0 aromatic rings. The third kappa shape index (κ3) is 6.61. The average molecular weight is 274 g/mol. The van der Waals surface area contributed by atoms with E-state index in [4.69, 9.17) is 4.84 Å². The maximum Gasteiger partial charge on any atom is 0.144 e. The summed E-state index contributed by atoms with van der Waals surface area (Å²) in [5, 5.41) is 17.1. The van der Waals surface area contributed by atoms with Gasteiger partial charge in [-0.05, 0) is 32.9 Å². The molecule has 1 aliphatic heterocycles. The van der Waals surface area contributed by atoms with E-state index in [1.165, 1.54) is 0 Å². The maximum atomic E-state index is 9.75. The van der Waals surface area contributed by atoms with Gasteiger partial charge >= 0.3 is 0 Å². The van der Waals surface area contributed by atoms with Crippen LogP contribution in [0.2, 0.25) is 0 Å². The van der Waals surface area contributed by atoms with Crippen LogP contribution < -0.4 is 5.32 Å². The lowest BCUT2D eigenvalue weighted by Crippen LogP contribution is -2.42. The molecule has 4 nitrogen and oxygen atoms in total. The normalized spacial score (nSPS) is 25.2. The van der Waals surface area contributed by atoms with Crippen molar-refractivity contribution in [1.82, 2.24) is 5.32 Å². The first-order valence-electron chi connectivity index (χ1n) is 6.58. The maximum absolute atomic E-state index is 9.75. The fourth-order valence-corrected chi connectivity index (χ4v) is 2.67. The van der Waals surface area contributed by atoms with Crippen molar-refractivity contribution in [3.63, 3.8) is 0 Å². The molecule has 2 atom stereocenters. The second-order valence-corrected chi connectivity index (χ2v) is 7.04. The van der Waals surface area contributed by atoms with Crippen molar-refractivity contribution >= 4 is 17.5 Å². The molecule has 18 heavy (non-hydrogen) atoms. The number of nitrogens with one attached hydrogen (secondary N) is 1. The monoisotopic (exact) mass is 274 g/mol. The van der Waals surface area contributed by atoms with Crippen molar-refractivity contribution < 1.29 is 9.94 Å². The molecule has 106 valence electrons. The fourth-order valence-electron chi connectivity index (χ4n) is 1.60. The number of hydrogen-bond acceptors (Lipinski definition) is 5. The van der Waals surface area contributed by atoms with E-state index < -0.39 is 6.10 Å². The highest BCUT2D eigenvalue weighted by atomic mass is 32.2. The van der Waals surface area contributed by atoms with Crippen molar-refractivity contribution in [3.05, 3.63) is 0 Å². The summed E-state index contributed by atoms with van der Waals surface area (Å²) in [6.07, 6.45) is 0.490. The van der Waals surface area contributed by atoms with E-state index in [-0.39, 0.29) is 12.1 Å². The zero-order valence-corrected chi connectivity index (χ0v) is 12.7. The summed E-state index contributed by atoms with van der Waals surface area (Å²) in [6.45, 7) is 9.17. The zero-order valence-electron chi connectivity index (χ0n) is 11.9. The molecule has 2 N–H and O–H groups in total. The van der Waals surface area contributed by atoms with Gasteiger partial charge in [0.05, 0.1) is 5.71 Å². The van der Waals surface area contributed by atoms with Crippen LogP contribution in [0.3, 0.4) is 0 Å². The van der Waals surface area contributed by atoms with Gasteiger partial charge in [0, 0.05) is 23.8 Å². The number of rotatable bonds is 5. The molecule has 0 aliphatic carbocycles. The van der Waals surface area contributed by atoms with Gasteiger partial charge in [-0.15, -0.1) is 0 Å². The van der Waals surface area contributed by atoms with Gasteiger partial charge in [-0.1, -0.05) is 12.1 Å². The Morgan fingerprint density at radius 2 is 2.28 bits per heavy atom. The molecule has 1 fully saturated rings. The van der Waals surface area contributed by atoms with E-state index >= 15 is 0 Å². The fraction of sp³-hybridized carbons (Fsp3) is 0.923. The molecule has 0 aromatic carbocycles. The minimum Gasteiger partial charge on any atom is -0.393 e. The lowest BCUT2D eigenvalue weighted by Gasteiger charge is -2.23. The van der Waals surface area contributed by atoms with Crippen LogP contribution in [0.25, 0.3) is 0 Å². The highest BCUT2D eigenvalue weighted by Gasteiger charge is 2.17. The molecule has 0 aromatic heterocycles. The second kappa shape index (κ2) is 7.36. The topological polar surface area (TPSA) is 53.9 Å². The summed E-state index contributed by atoms with van der Waals surface area (Å²) in [5.74, 6) is 2.74. The molecule has 5 heteroatoms. The minimum absolute atomic E-state index is 0.0159. The molecule has 1 heterocycles. The van der Waals surface area contributed by atoms with E-state index in [2.05, 4.69) is 38.2 Å². The van der Waals surface area contributed by atoms with Gasteiger partial charge in [0.25, 0.3) is 0 Å². The number of thioether (sulfide) groups is 1. The van der Waals surface area contributed by atoms with Gasteiger partial charge < -0.3 is 15.3 Å². The highest BCUT2D eigenvalue weighted by Crippen LogP contribution is 2.20.